The van der Waals surface area contributed by atoms with Crippen molar-refractivity contribution < 1.29 is 35.1 Å². The standard InChI is InChI=1S/C9H14O7/c10-5-3-9(16,8(14)15)2-4(7(5)13)1-6(11)12/h4-5,7,10,13,16H,1-3H2,(H,11,12)(H,14,15)/t4-,5+,7+,9-/m0/s1. The fourth-order valence-corrected chi connectivity index (χ4v) is 2.01. The Kier molecular flexibility index (Phi) is 3.51. The molecule has 0 radical (unpaired) electrons. The Morgan fingerprint density at radius 3 is 2.19 bits per heavy atom. The third-order valence-electron chi connectivity index (χ3n) is 2.86. The molecule has 4 atom stereocenters. The van der Waals surface area contributed by atoms with Crippen LogP contribution in [0.15, 0.2) is 0 Å². The first-order valence-electron chi connectivity index (χ1n) is 4.80. The van der Waals surface area contributed by atoms with Gasteiger partial charge in [0.2, 0.25) is 0 Å². The Balaban J connectivity index is 2.84. The van der Waals surface area contributed by atoms with Crippen molar-refractivity contribution in [3.8, 4) is 0 Å². The van der Waals surface area contributed by atoms with Gasteiger partial charge in [0.15, 0.2) is 5.60 Å². The molecule has 1 rings (SSSR count). The third-order valence-corrected chi connectivity index (χ3v) is 2.86. The van der Waals surface area contributed by atoms with Crippen molar-refractivity contribution >= 4 is 11.9 Å². The topological polar surface area (TPSA) is 135 Å². The van der Waals surface area contributed by atoms with Gasteiger partial charge in [-0.3, -0.25) is 4.79 Å². The first-order valence-corrected chi connectivity index (χ1v) is 4.80. The quantitative estimate of drug-likeness (QED) is 0.397. The molecule has 7 heteroatoms. The molecule has 0 aliphatic heterocycles. The molecule has 7 nitrogen and oxygen atoms in total. The number of carboxylic acids is 2. The van der Waals surface area contributed by atoms with Crippen molar-refractivity contribution in [1.82, 2.24) is 0 Å². The predicted molar refractivity (Wildman–Crippen MR) is 49.6 cm³/mol. The van der Waals surface area contributed by atoms with E-state index in [1.54, 1.807) is 0 Å². The van der Waals surface area contributed by atoms with E-state index in [0.29, 0.717) is 0 Å². The molecule has 0 heterocycles. The SMILES string of the molecule is O=C(O)C[C@H]1C[C@@](O)(C(=O)O)C[C@@H](O)[C@@H]1O. The average molecular weight is 234 g/mol. The van der Waals surface area contributed by atoms with Gasteiger partial charge in [-0.15, -0.1) is 0 Å². The fraction of sp³-hybridized carbons (Fsp3) is 0.778. The van der Waals surface area contributed by atoms with Gasteiger partial charge in [-0.1, -0.05) is 0 Å². The second-order valence-corrected chi connectivity index (χ2v) is 4.16. The first kappa shape index (κ1) is 12.9. The van der Waals surface area contributed by atoms with Crippen molar-refractivity contribution in [3.05, 3.63) is 0 Å². The zero-order valence-corrected chi connectivity index (χ0v) is 8.41. The average Bonchev–Trinajstić information content (AvgIpc) is 2.12. The van der Waals surface area contributed by atoms with Gasteiger partial charge in [0.25, 0.3) is 0 Å². The normalized spacial score (nSPS) is 39.3. The third kappa shape index (κ3) is 2.49. The van der Waals surface area contributed by atoms with Gasteiger partial charge in [-0.25, -0.2) is 4.79 Å². The Labute approximate surface area is 90.9 Å². The largest absolute Gasteiger partial charge is 0.481 e. The molecule has 5 N–H and O–H groups in total. The molecule has 0 aromatic rings. The molecule has 0 saturated heterocycles. The van der Waals surface area contributed by atoms with E-state index in [2.05, 4.69) is 0 Å². The minimum absolute atomic E-state index is 0.382. The van der Waals surface area contributed by atoms with Gasteiger partial charge < -0.3 is 25.5 Å². The number of aliphatic hydroxyl groups excluding tert-OH is 2. The molecule has 0 aromatic heterocycles. The van der Waals surface area contributed by atoms with Gasteiger partial charge in [0.05, 0.1) is 18.6 Å². The van der Waals surface area contributed by atoms with Gasteiger partial charge >= 0.3 is 11.9 Å². The first-order chi connectivity index (χ1) is 7.26. The molecule has 1 aliphatic carbocycles. The molecule has 92 valence electrons. The van der Waals surface area contributed by atoms with Crippen molar-refractivity contribution in [2.45, 2.75) is 37.1 Å². The van der Waals surface area contributed by atoms with E-state index in [4.69, 9.17) is 10.2 Å². The van der Waals surface area contributed by atoms with Crippen LogP contribution in [-0.2, 0) is 9.59 Å². The van der Waals surface area contributed by atoms with E-state index in [0.717, 1.165) is 0 Å². The van der Waals surface area contributed by atoms with Gasteiger partial charge in [-0.2, -0.15) is 0 Å². The van der Waals surface area contributed by atoms with Crippen LogP contribution in [-0.4, -0.2) is 55.3 Å². The van der Waals surface area contributed by atoms with Crippen LogP contribution in [0.4, 0.5) is 0 Å². The lowest BCUT2D eigenvalue weighted by Crippen LogP contribution is -2.54. The van der Waals surface area contributed by atoms with Crippen LogP contribution in [0, 0.1) is 5.92 Å². The number of aliphatic hydroxyl groups is 3. The van der Waals surface area contributed by atoms with Crippen LogP contribution in [0.1, 0.15) is 19.3 Å². The van der Waals surface area contributed by atoms with E-state index in [-0.39, 0.29) is 6.42 Å². The van der Waals surface area contributed by atoms with Crippen LogP contribution in [0.2, 0.25) is 0 Å². The lowest BCUT2D eigenvalue weighted by molar-refractivity contribution is -0.181. The summed E-state index contributed by atoms with van der Waals surface area (Å²) in [6.45, 7) is 0. The van der Waals surface area contributed by atoms with Gasteiger partial charge in [-0.05, 0) is 6.42 Å². The molecule has 0 amide bonds. The van der Waals surface area contributed by atoms with Gasteiger partial charge in [0.1, 0.15) is 0 Å². The molecule has 0 unspecified atom stereocenters. The smallest absolute Gasteiger partial charge is 0.335 e. The summed E-state index contributed by atoms with van der Waals surface area (Å²) in [5.74, 6) is -3.71. The zero-order chi connectivity index (χ0) is 12.5. The van der Waals surface area contributed by atoms with Crippen LogP contribution >= 0.6 is 0 Å². The summed E-state index contributed by atoms with van der Waals surface area (Å²) < 4.78 is 0. The summed E-state index contributed by atoms with van der Waals surface area (Å²) in [6.07, 6.45) is -4.13. The monoisotopic (exact) mass is 234 g/mol. The van der Waals surface area contributed by atoms with Crippen LogP contribution < -0.4 is 0 Å². The predicted octanol–water partition coefficient (Wildman–Crippen LogP) is -1.59. The van der Waals surface area contributed by atoms with E-state index in [1.807, 2.05) is 0 Å². The summed E-state index contributed by atoms with van der Waals surface area (Å²) >= 11 is 0. The summed E-state index contributed by atoms with van der Waals surface area (Å²) in [7, 11) is 0. The number of carbonyl (C=O) groups is 2. The molecule has 0 spiro atoms. The van der Waals surface area contributed by atoms with E-state index < -0.39 is 48.5 Å². The van der Waals surface area contributed by atoms with E-state index in [1.165, 1.54) is 0 Å². The van der Waals surface area contributed by atoms with Crippen molar-refractivity contribution in [3.63, 3.8) is 0 Å². The van der Waals surface area contributed by atoms with Crippen LogP contribution in [0.3, 0.4) is 0 Å². The van der Waals surface area contributed by atoms with Crippen LogP contribution in [0.25, 0.3) is 0 Å². The maximum atomic E-state index is 10.8. The van der Waals surface area contributed by atoms with Gasteiger partial charge in [0, 0.05) is 12.3 Å². The minimum atomic E-state index is -2.17. The highest BCUT2D eigenvalue weighted by molar-refractivity contribution is 5.77. The van der Waals surface area contributed by atoms with Crippen molar-refractivity contribution in [2.75, 3.05) is 0 Å². The van der Waals surface area contributed by atoms with Crippen molar-refractivity contribution in [1.29, 1.82) is 0 Å². The maximum absolute atomic E-state index is 10.8. The number of rotatable bonds is 3. The second-order valence-electron chi connectivity index (χ2n) is 4.16. The minimum Gasteiger partial charge on any atom is -0.481 e. The number of aliphatic carboxylic acids is 2. The molecule has 1 fully saturated rings. The Morgan fingerprint density at radius 1 is 1.19 bits per heavy atom. The Bertz CT molecular complexity index is 302. The highest BCUT2D eigenvalue weighted by atomic mass is 16.4. The Hall–Kier alpha value is -1.18. The lowest BCUT2D eigenvalue weighted by Gasteiger charge is -2.39. The number of hydrogen-bond acceptors (Lipinski definition) is 5. The zero-order valence-electron chi connectivity index (χ0n) is 8.41. The highest BCUT2D eigenvalue weighted by Crippen LogP contribution is 2.35. The molecule has 0 aromatic carbocycles. The molecular formula is C9H14O7. The number of hydrogen-bond donors (Lipinski definition) is 5. The maximum Gasteiger partial charge on any atom is 0.335 e. The molecule has 0 bridgehead atoms. The molecule has 1 aliphatic rings. The number of carboxylic acid groups (broad SMARTS) is 2. The summed E-state index contributed by atoms with van der Waals surface area (Å²) in [5.41, 5.74) is -2.17. The Morgan fingerprint density at radius 2 is 1.75 bits per heavy atom. The van der Waals surface area contributed by atoms with E-state index in [9.17, 15) is 24.9 Å². The molecular weight excluding hydrogens is 220 g/mol. The molecule has 16 heavy (non-hydrogen) atoms. The summed E-state index contributed by atoms with van der Waals surface area (Å²) in [4.78, 5) is 21.2. The highest BCUT2D eigenvalue weighted by Gasteiger charge is 2.49. The second kappa shape index (κ2) is 4.36. The van der Waals surface area contributed by atoms with Crippen molar-refractivity contribution in [2.24, 2.45) is 5.92 Å². The van der Waals surface area contributed by atoms with Crippen LogP contribution in [0.5, 0.6) is 0 Å². The summed E-state index contributed by atoms with van der Waals surface area (Å²) in [6, 6.07) is 0. The summed E-state index contributed by atoms with van der Waals surface area (Å²) in [5, 5.41) is 45.8. The fourth-order valence-electron chi connectivity index (χ4n) is 2.01. The lowest BCUT2D eigenvalue weighted by atomic mass is 9.73. The van der Waals surface area contributed by atoms with E-state index >= 15 is 0 Å². The molecule has 1 saturated carbocycles.